The van der Waals surface area contributed by atoms with Crippen LogP contribution in [0.2, 0.25) is 0 Å². The second kappa shape index (κ2) is 6.24. The summed E-state index contributed by atoms with van der Waals surface area (Å²) in [7, 11) is -3.70. The lowest BCUT2D eigenvalue weighted by molar-refractivity contribution is 0.319. The van der Waals surface area contributed by atoms with Crippen molar-refractivity contribution in [2.75, 3.05) is 6.61 Å². The number of benzene rings is 1. The molecule has 1 aromatic heterocycles. The van der Waals surface area contributed by atoms with Crippen LogP contribution in [0.3, 0.4) is 0 Å². The molecule has 0 saturated heterocycles. The van der Waals surface area contributed by atoms with Crippen molar-refractivity contribution in [3.05, 3.63) is 53.3 Å². The van der Waals surface area contributed by atoms with Crippen LogP contribution in [0.4, 0.5) is 0 Å². The first-order valence-electron chi connectivity index (χ1n) is 6.54. The fraction of sp³-hybridized carbons (Fsp3) is 0.267. The van der Waals surface area contributed by atoms with Gasteiger partial charge in [0.2, 0.25) is 10.0 Å². The molecule has 1 aromatic carbocycles. The minimum atomic E-state index is -3.70. The topological polar surface area (TPSA) is 82.3 Å². The first-order chi connectivity index (χ1) is 9.89. The molecule has 21 heavy (non-hydrogen) atoms. The highest BCUT2D eigenvalue weighted by molar-refractivity contribution is 7.89. The van der Waals surface area contributed by atoms with Crippen molar-refractivity contribution >= 4 is 10.0 Å². The Balaban J connectivity index is 2.10. The first-order valence-corrected chi connectivity index (χ1v) is 8.09. The van der Waals surface area contributed by atoms with Crippen LogP contribution >= 0.6 is 0 Å². The Bertz CT molecular complexity index is 728. The van der Waals surface area contributed by atoms with E-state index >= 15 is 0 Å². The molecule has 0 bridgehead atoms. The molecule has 0 spiro atoms. The van der Waals surface area contributed by atoms with Gasteiger partial charge in [-0.25, -0.2) is 13.6 Å². The molecule has 0 unspecified atom stereocenters. The third-order valence-electron chi connectivity index (χ3n) is 3.39. The van der Waals surface area contributed by atoms with Crippen molar-refractivity contribution in [3.63, 3.8) is 0 Å². The quantitative estimate of drug-likeness (QED) is 0.915. The Morgan fingerprint density at radius 1 is 1.10 bits per heavy atom. The molecule has 5 nitrogen and oxygen atoms in total. The molecular formula is C15H18N2O3S. The van der Waals surface area contributed by atoms with Crippen molar-refractivity contribution in [1.82, 2.24) is 4.98 Å². The number of sulfonamides is 1. The summed E-state index contributed by atoms with van der Waals surface area (Å²) in [6, 6.07) is 7.01. The van der Waals surface area contributed by atoms with Gasteiger partial charge in [-0.2, -0.15) is 0 Å². The number of rotatable bonds is 5. The smallest absolute Gasteiger partial charge is 0.238 e. The zero-order chi connectivity index (χ0) is 15.5. The predicted molar refractivity (Wildman–Crippen MR) is 80.7 cm³/mol. The molecule has 0 amide bonds. The van der Waals surface area contributed by atoms with E-state index in [0.29, 0.717) is 17.9 Å². The van der Waals surface area contributed by atoms with Crippen LogP contribution in [0, 0.1) is 13.8 Å². The molecule has 112 valence electrons. The molecule has 0 aliphatic carbocycles. The van der Waals surface area contributed by atoms with E-state index in [1.165, 1.54) is 6.07 Å². The SMILES string of the molecule is Cc1c(OCCc2ccncc2)ccc(S(N)(=O)=O)c1C. The molecular weight excluding hydrogens is 288 g/mol. The maximum atomic E-state index is 11.4. The first kappa shape index (κ1) is 15.5. The van der Waals surface area contributed by atoms with Crippen LogP contribution in [0.25, 0.3) is 0 Å². The fourth-order valence-electron chi connectivity index (χ4n) is 2.06. The Hall–Kier alpha value is -1.92. The third-order valence-corrected chi connectivity index (χ3v) is 4.45. The highest BCUT2D eigenvalue weighted by atomic mass is 32.2. The maximum absolute atomic E-state index is 11.4. The summed E-state index contributed by atoms with van der Waals surface area (Å²) in [5, 5.41) is 5.18. The van der Waals surface area contributed by atoms with E-state index in [2.05, 4.69) is 4.98 Å². The lowest BCUT2D eigenvalue weighted by atomic mass is 10.1. The summed E-state index contributed by atoms with van der Waals surface area (Å²) in [4.78, 5) is 4.10. The lowest BCUT2D eigenvalue weighted by Gasteiger charge is -2.13. The number of hydrogen-bond acceptors (Lipinski definition) is 4. The lowest BCUT2D eigenvalue weighted by Crippen LogP contribution is -2.14. The van der Waals surface area contributed by atoms with E-state index < -0.39 is 10.0 Å². The van der Waals surface area contributed by atoms with Gasteiger partial charge >= 0.3 is 0 Å². The van der Waals surface area contributed by atoms with E-state index in [4.69, 9.17) is 9.88 Å². The number of nitrogens with zero attached hydrogens (tertiary/aromatic N) is 1. The predicted octanol–water partition coefficient (Wildman–Crippen LogP) is 1.97. The zero-order valence-electron chi connectivity index (χ0n) is 12.0. The molecule has 6 heteroatoms. The summed E-state index contributed by atoms with van der Waals surface area (Å²) in [6.07, 6.45) is 4.25. The van der Waals surface area contributed by atoms with Crippen LogP contribution in [-0.2, 0) is 16.4 Å². The standard InChI is InChI=1S/C15H18N2O3S/c1-11-12(2)15(21(16,18)19)4-3-14(11)20-10-7-13-5-8-17-9-6-13/h3-6,8-9H,7,10H2,1-2H3,(H2,16,18,19). The Labute approximate surface area is 124 Å². The van der Waals surface area contributed by atoms with Crippen LogP contribution in [0.5, 0.6) is 5.75 Å². The molecule has 2 N–H and O–H groups in total. The number of hydrogen-bond donors (Lipinski definition) is 1. The monoisotopic (exact) mass is 306 g/mol. The van der Waals surface area contributed by atoms with E-state index in [1.807, 2.05) is 19.1 Å². The van der Waals surface area contributed by atoms with Gasteiger partial charge in [0.05, 0.1) is 11.5 Å². The normalized spacial score (nSPS) is 11.4. The Kier molecular flexibility index (Phi) is 4.59. The number of primary sulfonamides is 1. The van der Waals surface area contributed by atoms with Gasteiger partial charge in [0.25, 0.3) is 0 Å². The largest absolute Gasteiger partial charge is 0.493 e. The van der Waals surface area contributed by atoms with Gasteiger partial charge in [-0.05, 0) is 54.8 Å². The Morgan fingerprint density at radius 3 is 2.38 bits per heavy atom. The molecule has 0 atom stereocenters. The van der Waals surface area contributed by atoms with Gasteiger partial charge in [-0.15, -0.1) is 0 Å². The molecule has 2 aromatic rings. The molecule has 1 heterocycles. The van der Waals surface area contributed by atoms with E-state index in [9.17, 15) is 8.42 Å². The van der Waals surface area contributed by atoms with Gasteiger partial charge in [0.15, 0.2) is 0 Å². The highest BCUT2D eigenvalue weighted by Crippen LogP contribution is 2.26. The van der Waals surface area contributed by atoms with Crippen molar-refractivity contribution in [2.24, 2.45) is 5.14 Å². The third kappa shape index (κ3) is 3.80. The van der Waals surface area contributed by atoms with Crippen molar-refractivity contribution in [2.45, 2.75) is 25.2 Å². The minimum absolute atomic E-state index is 0.140. The van der Waals surface area contributed by atoms with Gasteiger partial charge in [0, 0.05) is 18.8 Å². The Morgan fingerprint density at radius 2 is 1.76 bits per heavy atom. The molecule has 0 aliphatic heterocycles. The van der Waals surface area contributed by atoms with E-state index in [1.54, 1.807) is 25.4 Å². The van der Waals surface area contributed by atoms with Crippen LogP contribution in [0.15, 0.2) is 41.6 Å². The van der Waals surface area contributed by atoms with E-state index in [-0.39, 0.29) is 4.90 Å². The van der Waals surface area contributed by atoms with Crippen molar-refractivity contribution < 1.29 is 13.2 Å². The van der Waals surface area contributed by atoms with E-state index in [0.717, 1.165) is 17.5 Å². The minimum Gasteiger partial charge on any atom is -0.493 e. The number of nitrogens with two attached hydrogens (primary N) is 1. The summed E-state index contributed by atoms with van der Waals surface area (Å²) >= 11 is 0. The second-order valence-electron chi connectivity index (χ2n) is 4.81. The van der Waals surface area contributed by atoms with Crippen LogP contribution < -0.4 is 9.88 Å². The van der Waals surface area contributed by atoms with Gasteiger partial charge in [0.1, 0.15) is 5.75 Å². The molecule has 0 aliphatic rings. The summed E-state index contributed by atoms with van der Waals surface area (Å²) < 4.78 is 28.6. The van der Waals surface area contributed by atoms with Crippen molar-refractivity contribution in [1.29, 1.82) is 0 Å². The summed E-state index contributed by atoms with van der Waals surface area (Å²) in [5.74, 6) is 0.675. The maximum Gasteiger partial charge on any atom is 0.238 e. The average Bonchev–Trinajstić information content (AvgIpc) is 2.43. The van der Waals surface area contributed by atoms with Crippen molar-refractivity contribution in [3.8, 4) is 5.75 Å². The van der Waals surface area contributed by atoms with Crippen LogP contribution in [0.1, 0.15) is 16.7 Å². The molecule has 0 fully saturated rings. The second-order valence-corrected chi connectivity index (χ2v) is 6.34. The fourth-order valence-corrected chi connectivity index (χ4v) is 2.90. The molecule has 0 radical (unpaired) electrons. The van der Waals surface area contributed by atoms with Crippen LogP contribution in [-0.4, -0.2) is 20.0 Å². The summed E-state index contributed by atoms with van der Waals surface area (Å²) in [6.45, 7) is 4.07. The molecule has 2 rings (SSSR count). The van der Waals surface area contributed by atoms with Gasteiger partial charge in [-0.3, -0.25) is 4.98 Å². The zero-order valence-corrected chi connectivity index (χ0v) is 12.9. The summed E-state index contributed by atoms with van der Waals surface area (Å²) in [5.41, 5.74) is 2.55. The van der Waals surface area contributed by atoms with Gasteiger partial charge in [-0.1, -0.05) is 0 Å². The molecule has 0 saturated carbocycles. The number of ether oxygens (including phenoxy) is 1. The average molecular weight is 306 g/mol. The highest BCUT2D eigenvalue weighted by Gasteiger charge is 2.15. The number of pyridine rings is 1. The van der Waals surface area contributed by atoms with Gasteiger partial charge < -0.3 is 4.74 Å². The number of aromatic nitrogens is 1.